The minimum atomic E-state index is -0.561. The van der Waals surface area contributed by atoms with Crippen molar-refractivity contribution in [1.29, 1.82) is 0 Å². The highest BCUT2D eigenvalue weighted by Crippen LogP contribution is 2.20. The Morgan fingerprint density at radius 3 is 2.90 bits per heavy atom. The molecule has 0 aliphatic carbocycles. The number of nitrogens with one attached hydrogen (secondary N) is 1. The Balaban J connectivity index is 2.69. The van der Waals surface area contributed by atoms with E-state index >= 15 is 0 Å². The number of amides is 1. The van der Waals surface area contributed by atoms with Gasteiger partial charge in [0.2, 0.25) is 5.91 Å². The van der Waals surface area contributed by atoms with Crippen LogP contribution in [0.4, 0.5) is 17.3 Å². The molecule has 20 heavy (non-hydrogen) atoms. The third kappa shape index (κ3) is 4.69. The first kappa shape index (κ1) is 15.6. The second kappa shape index (κ2) is 7.24. The van der Waals surface area contributed by atoms with Gasteiger partial charge >= 0.3 is 0 Å². The molecule has 9 heteroatoms. The first-order chi connectivity index (χ1) is 9.43. The zero-order valence-corrected chi connectivity index (χ0v) is 11.3. The fraction of sp³-hybridized carbons (Fsp3) is 0.455. The molecule has 0 aromatic carbocycles. The van der Waals surface area contributed by atoms with Gasteiger partial charge < -0.3 is 20.7 Å². The number of nitrogens with two attached hydrogens (primary N) is 1. The molecule has 0 aliphatic heterocycles. The number of methoxy groups -OCH3 is 1. The van der Waals surface area contributed by atoms with Crippen LogP contribution in [0.3, 0.4) is 0 Å². The molecule has 0 saturated heterocycles. The summed E-state index contributed by atoms with van der Waals surface area (Å²) in [7, 11) is 3.13. The van der Waals surface area contributed by atoms with Crippen molar-refractivity contribution in [2.24, 2.45) is 0 Å². The molecule has 0 spiro atoms. The number of pyridine rings is 1. The predicted octanol–water partition coefficient (Wildman–Crippen LogP) is -0.229. The molecule has 0 radical (unpaired) electrons. The van der Waals surface area contributed by atoms with Crippen molar-refractivity contribution >= 4 is 23.2 Å². The number of nitro groups is 1. The van der Waals surface area contributed by atoms with Gasteiger partial charge in [0, 0.05) is 20.7 Å². The first-order valence-electron chi connectivity index (χ1n) is 5.82. The summed E-state index contributed by atoms with van der Waals surface area (Å²) in [6, 6.07) is 2.43. The van der Waals surface area contributed by atoms with E-state index in [1.165, 1.54) is 18.1 Å². The number of rotatable bonds is 7. The van der Waals surface area contributed by atoms with E-state index in [-0.39, 0.29) is 29.8 Å². The molecule has 0 atom stereocenters. The van der Waals surface area contributed by atoms with Gasteiger partial charge in [-0.05, 0) is 0 Å². The average Bonchev–Trinajstić information content (AvgIpc) is 2.38. The molecule has 3 N–H and O–H groups in total. The lowest BCUT2D eigenvalue weighted by atomic mass is 10.3. The maximum atomic E-state index is 11.6. The number of nitrogens with zero attached hydrogens (tertiary/aromatic N) is 3. The van der Waals surface area contributed by atoms with Crippen LogP contribution in [0.2, 0.25) is 0 Å². The number of ether oxygens (including phenoxy) is 1. The van der Waals surface area contributed by atoms with Crippen LogP contribution < -0.4 is 16.0 Å². The molecule has 1 aromatic rings. The molecular weight excluding hydrogens is 266 g/mol. The molecule has 1 heterocycles. The van der Waals surface area contributed by atoms with Crippen LogP contribution in [-0.4, -0.2) is 49.7 Å². The van der Waals surface area contributed by atoms with E-state index in [0.717, 1.165) is 6.07 Å². The molecule has 1 amide bonds. The number of nitrogen functional groups attached to an aromatic ring is 1. The van der Waals surface area contributed by atoms with Crippen LogP contribution in [0.15, 0.2) is 12.1 Å². The zero-order chi connectivity index (χ0) is 15.1. The molecule has 110 valence electrons. The Kier molecular flexibility index (Phi) is 5.66. The van der Waals surface area contributed by atoms with Gasteiger partial charge in [-0.2, -0.15) is 0 Å². The standard InChI is InChI=1S/C11H17N5O4/c1-15(7-11(17)13-3-4-20-2)10-6-8(16(18)19)5-9(12)14-10/h5-6H,3-4,7H2,1-2H3,(H2,12,14)(H,13,17). The number of hydrogen-bond donors (Lipinski definition) is 2. The number of anilines is 2. The smallest absolute Gasteiger partial charge is 0.276 e. The predicted molar refractivity (Wildman–Crippen MR) is 73.5 cm³/mol. The van der Waals surface area contributed by atoms with E-state index < -0.39 is 4.92 Å². The van der Waals surface area contributed by atoms with Gasteiger partial charge in [0.15, 0.2) is 0 Å². The summed E-state index contributed by atoms with van der Waals surface area (Å²) in [6.07, 6.45) is 0. The highest BCUT2D eigenvalue weighted by Gasteiger charge is 2.14. The van der Waals surface area contributed by atoms with E-state index in [1.807, 2.05) is 0 Å². The van der Waals surface area contributed by atoms with Gasteiger partial charge in [-0.25, -0.2) is 4.98 Å². The molecule has 0 saturated carbocycles. The van der Waals surface area contributed by atoms with Gasteiger partial charge in [0.25, 0.3) is 5.69 Å². The molecule has 1 rings (SSSR count). The Morgan fingerprint density at radius 2 is 2.30 bits per heavy atom. The van der Waals surface area contributed by atoms with Gasteiger partial charge in [0.05, 0.1) is 30.2 Å². The topological polar surface area (TPSA) is 124 Å². The number of hydrogen-bond acceptors (Lipinski definition) is 7. The Labute approximate surface area is 115 Å². The highest BCUT2D eigenvalue weighted by molar-refractivity contribution is 5.81. The SMILES string of the molecule is COCCNC(=O)CN(C)c1cc([N+](=O)[O-])cc(N)n1. The van der Waals surface area contributed by atoms with E-state index in [2.05, 4.69) is 10.3 Å². The lowest BCUT2D eigenvalue weighted by molar-refractivity contribution is -0.384. The Hall–Kier alpha value is -2.42. The second-order valence-corrected chi connectivity index (χ2v) is 4.06. The highest BCUT2D eigenvalue weighted by atomic mass is 16.6. The van der Waals surface area contributed by atoms with Crippen LogP contribution in [0.1, 0.15) is 0 Å². The maximum absolute atomic E-state index is 11.6. The van der Waals surface area contributed by atoms with E-state index in [1.54, 1.807) is 7.05 Å². The lowest BCUT2D eigenvalue weighted by Gasteiger charge is -2.17. The van der Waals surface area contributed by atoms with Crippen molar-refractivity contribution in [2.45, 2.75) is 0 Å². The summed E-state index contributed by atoms with van der Waals surface area (Å²) in [5.41, 5.74) is 5.34. The van der Waals surface area contributed by atoms with Gasteiger partial charge in [-0.3, -0.25) is 14.9 Å². The quantitative estimate of drug-likeness (QED) is 0.402. The molecule has 0 unspecified atom stereocenters. The summed E-state index contributed by atoms with van der Waals surface area (Å²) in [4.78, 5) is 27.2. The van der Waals surface area contributed by atoms with Gasteiger partial charge in [-0.1, -0.05) is 0 Å². The minimum Gasteiger partial charge on any atom is -0.383 e. The van der Waals surface area contributed by atoms with Crippen molar-refractivity contribution < 1.29 is 14.5 Å². The number of carbonyl (C=O) groups is 1. The van der Waals surface area contributed by atoms with Crippen molar-refractivity contribution in [2.75, 3.05) is 44.5 Å². The fourth-order valence-electron chi connectivity index (χ4n) is 1.47. The largest absolute Gasteiger partial charge is 0.383 e. The summed E-state index contributed by atoms with van der Waals surface area (Å²) < 4.78 is 4.81. The first-order valence-corrected chi connectivity index (χ1v) is 5.82. The van der Waals surface area contributed by atoms with Crippen molar-refractivity contribution in [3.05, 3.63) is 22.2 Å². The van der Waals surface area contributed by atoms with Crippen LogP contribution in [0, 0.1) is 10.1 Å². The summed E-state index contributed by atoms with van der Waals surface area (Å²) in [6.45, 7) is 0.822. The van der Waals surface area contributed by atoms with Gasteiger partial charge in [0.1, 0.15) is 11.6 Å². The molecule has 9 nitrogen and oxygen atoms in total. The van der Waals surface area contributed by atoms with Crippen LogP contribution in [0.25, 0.3) is 0 Å². The molecule has 0 aliphatic rings. The van der Waals surface area contributed by atoms with Crippen LogP contribution in [-0.2, 0) is 9.53 Å². The fourth-order valence-corrected chi connectivity index (χ4v) is 1.47. The van der Waals surface area contributed by atoms with Crippen LogP contribution >= 0.6 is 0 Å². The molecule has 0 fully saturated rings. The van der Waals surface area contributed by atoms with Crippen molar-refractivity contribution in [3.8, 4) is 0 Å². The third-order valence-corrected chi connectivity index (χ3v) is 2.43. The lowest BCUT2D eigenvalue weighted by Crippen LogP contribution is -2.37. The molecule has 0 bridgehead atoms. The summed E-state index contributed by atoms with van der Waals surface area (Å²) >= 11 is 0. The minimum absolute atomic E-state index is 0.0112. The zero-order valence-electron chi connectivity index (χ0n) is 11.3. The monoisotopic (exact) mass is 283 g/mol. The third-order valence-electron chi connectivity index (χ3n) is 2.43. The van der Waals surface area contributed by atoms with Gasteiger partial charge in [-0.15, -0.1) is 0 Å². The summed E-state index contributed by atoms with van der Waals surface area (Å²) in [5, 5.41) is 13.4. The Bertz CT molecular complexity index is 494. The second-order valence-electron chi connectivity index (χ2n) is 4.06. The van der Waals surface area contributed by atoms with Crippen molar-refractivity contribution in [1.82, 2.24) is 10.3 Å². The number of aromatic nitrogens is 1. The Morgan fingerprint density at radius 1 is 1.60 bits per heavy atom. The molecule has 1 aromatic heterocycles. The number of likely N-dealkylation sites (N-methyl/N-ethyl adjacent to an activating group) is 1. The van der Waals surface area contributed by atoms with E-state index in [4.69, 9.17) is 10.5 Å². The normalized spacial score (nSPS) is 10.1. The van der Waals surface area contributed by atoms with E-state index in [0.29, 0.717) is 13.2 Å². The van der Waals surface area contributed by atoms with Crippen molar-refractivity contribution in [3.63, 3.8) is 0 Å². The average molecular weight is 283 g/mol. The summed E-state index contributed by atoms with van der Waals surface area (Å²) in [5.74, 6) is 0.0517. The number of carbonyl (C=O) groups excluding carboxylic acids is 1. The van der Waals surface area contributed by atoms with E-state index in [9.17, 15) is 14.9 Å². The maximum Gasteiger partial charge on any atom is 0.276 e. The molecular formula is C11H17N5O4. The van der Waals surface area contributed by atoms with Crippen LogP contribution in [0.5, 0.6) is 0 Å².